The summed E-state index contributed by atoms with van der Waals surface area (Å²) in [6.45, 7) is 3.08. The Labute approximate surface area is 153 Å². The first kappa shape index (κ1) is 16.4. The predicted octanol–water partition coefficient (Wildman–Crippen LogP) is 5.79. The van der Waals surface area contributed by atoms with Crippen LogP contribution in [-0.2, 0) is 6.54 Å². The molecule has 0 atom stereocenters. The van der Waals surface area contributed by atoms with Crippen LogP contribution in [0.4, 0.5) is 0 Å². The van der Waals surface area contributed by atoms with Gasteiger partial charge in [0.15, 0.2) is 0 Å². The molecule has 130 valence electrons. The second kappa shape index (κ2) is 7.04. The molecule has 1 heterocycles. The highest BCUT2D eigenvalue weighted by Gasteiger charge is 2.16. The van der Waals surface area contributed by atoms with Crippen molar-refractivity contribution in [1.29, 1.82) is 0 Å². The number of ether oxygens (including phenoxy) is 1. The van der Waals surface area contributed by atoms with Gasteiger partial charge in [-0.3, -0.25) is 4.68 Å². The molecule has 0 saturated carbocycles. The highest BCUT2D eigenvalue weighted by molar-refractivity contribution is 6.01. The van der Waals surface area contributed by atoms with Gasteiger partial charge in [0.05, 0.1) is 12.8 Å². The molecule has 0 saturated heterocycles. The summed E-state index contributed by atoms with van der Waals surface area (Å²) in [5.41, 5.74) is 5.75. The lowest BCUT2D eigenvalue weighted by molar-refractivity contribution is 0.415. The summed E-state index contributed by atoms with van der Waals surface area (Å²) < 4.78 is 7.44. The topological polar surface area (TPSA) is 27.1 Å². The number of methoxy groups -OCH3 is 1. The van der Waals surface area contributed by atoms with E-state index in [9.17, 15) is 0 Å². The van der Waals surface area contributed by atoms with E-state index >= 15 is 0 Å². The predicted molar refractivity (Wildman–Crippen MR) is 107 cm³/mol. The summed E-state index contributed by atoms with van der Waals surface area (Å²) in [5, 5.41) is 6.17. The number of aromatic nitrogens is 2. The summed E-state index contributed by atoms with van der Waals surface area (Å²) in [6, 6.07) is 25.1. The van der Waals surface area contributed by atoms with Crippen LogP contribution in [0.25, 0.3) is 33.3 Å². The highest BCUT2D eigenvalue weighted by Crippen LogP contribution is 2.35. The van der Waals surface area contributed by atoms with Crippen molar-refractivity contribution in [2.75, 3.05) is 7.11 Å². The van der Waals surface area contributed by atoms with Crippen molar-refractivity contribution in [2.45, 2.75) is 19.9 Å². The van der Waals surface area contributed by atoms with Gasteiger partial charge < -0.3 is 4.74 Å². The number of hydrogen-bond acceptors (Lipinski definition) is 2. The van der Waals surface area contributed by atoms with E-state index < -0.39 is 0 Å². The fourth-order valence-corrected chi connectivity index (χ4v) is 3.43. The zero-order valence-corrected chi connectivity index (χ0v) is 15.1. The lowest BCUT2D eigenvalue weighted by atomic mass is 10.0. The summed E-state index contributed by atoms with van der Waals surface area (Å²) in [5.74, 6) is 0.865. The van der Waals surface area contributed by atoms with Crippen molar-refractivity contribution in [3.8, 4) is 28.1 Å². The minimum absolute atomic E-state index is 0.865. The highest BCUT2D eigenvalue weighted by atomic mass is 16.5. The lowest BCUT2D eigenvalue weighted by Gasteiger charge is -2.08. The molecule has 0 aliphatic carbocycles. The van der Waals surface area contributed by atoms with E-state index in [-0.39, 0.29) is 0 Å². The Balaban J connectivity index is 1.95. The third-order valence-corrected chi connectivity index (χ3v) is 4.65. The zero-order chi connectivity index (χ0) is 17.9. The number of hydrogen-bond donors (Lipinski definition) is 0. The molecule has 0 aliphatic rings. The first-order valence-corrected chi connectivity index (χ1v) is 9.01. The molecule has 1 aromatic heterocycles. The number of rotatable bonds is 5. The Morgan fingerprint density at radius 2 is 1.62 bits per heavy atom. The van der Waals surface area contributed by atoms with Crippen LogP contribution in [0.5, 0.6) is 5.75 Å². The molecule has 0 amide bonds. The molecule has 3 nitrogen and oxygen atoms in total. The zero-order valence-electron chi connectivity index (χ0n) is 15.1. The van der Waals surface area contributed by atoms with Gasteiger partial charge in [0.1, 0.15) is 11.3 Å². The van der Waals surface area contributed by atoms with E-state index in [2.05, 4.69) is 66.2 Å². The molecule has 0 unspecified atom stereocenters. The largest absolute Gasteiger partial charge is 0.497 e. The Kier molecular flexibility index (Phi) is 4.44. The van der Waals surface area contributed by atoms with Gasteiger partial charge in [0.2, 0.25) is 0 Å². The van der Waals surface area contributed by atoms with Crippen LogP contribution < -0.4 is 4.74 Å². The Hall–Kier alpha value is -3.07. The summed E-state index contributed by atoms with van der Waals surface area (Å²) >= 11 is 0. The van der Waals surface area contributed by atoms with Gasteiger partial charge in [-0.15, -0.1) is 0 Å². The van der Waals surface area contributed by atoms with Crippen LogP contribution in [0.3, 0.4) is 0 Å². The maximum atomic E-state index is 5.31. The fraction of sp³-hybridized carbons (Fsp3) is 0.174. The molecule has 3 aromatic carbocycles. The molecule has 26 heavy (non-hydrogen) atoms. The van der Waals surface area contributed by atoms with Crippen LogP contribution in [-0.4, -0.2) is 16.9 Å². The number of fused-ring (bicyclic) bond motifs is 1. The quantitative estimate of drug-likeness (QED) is 0.459. The van der Waals surface area contributed by atoms with Gasteiger partial charge in [-0.2, -0.15) is 5.10 Å². The van der Waals surface area contributed by atoms with Crippen molar-refractivity contribution >= 4 is 10.9 Å². The minimum Gasteiger partial charge on any atom is -0.497 e. The van der Waals surface area contributed by atoms with E-state index in [1.807, 2.05) is 18.2 Å². The molecule has 0 N–H and O–H groups in total. The van der Waals surface area contributed by atoms with Gasteiger partial charge in [-0.05, 0) is 36.2 Å². The van der Waals surface area contributed by atoms with Gasteiger partial charge >= 0.3 is 0 Å². The summed E-state index contributed by atoms with van der Waals surface area (Å²) in [6.07, 6.45) is 1.04. The van der Waals surface area contributed by atoms with Crippen LogP contribution in [0.15, 0.2) is 72.8 Å². The van der Waals surface area contributed by atoms with Crippen molar-refractivity contribution in [3.63, 3.8) is 0 Å². The van der Waals surface area contributed by atoms with Gasteiger partial charge in [0.25, 0.3) is 0 Å². The lowest BCUT2D eigenvalue weighted by Crippen LogP contribution is -2.01. The first-order chi connectivity index (χ1) is 12.8. The van der Waals surface area contributed by atoms with Crippen LogP contribution >= 0.6 is 0 Å². The molecular weight excluding hydrogens is 320 g/mol. The summed E-state index contributed by atoms with van der Waals surface area (Å²) in [4.78, 5) is 0. The van der Waals surface area contributed by atoms with Crippen LogP contribution in [0.2, 0.25) is 0 Å². The third kappa shape index (κ3) is 2.86. The van der Waals surface area contributed by atoms with Gasteiger partial charge in [0, 0.05) is 23.1 Å². The molecular formula is C23H22N2O. The Morgan fingerprint density at radius 3 is 2.31 bits per heavy atom. The molecule has 0 fully saturated rings. The Bertz CT molecular complexity index is 1020. The SMILES string of the molecule is CCCn1nc2c(-c3ccccc3)cccc2c1-c1ccc(OC)cc1. The molecule has 4 aromatic rings. The number of nitrogens with zero attached hydrogens (tertiary/aromatic N) is 2. The maximum Gasteiger partial charge on any atom is 0.118 e. The van der Waals surface area contributed by atoms with Crippen LogP contribution in [0, 0.1) is 0 Å². The average Bonchev–Trinajstić information content (AvgIpc) is 3.07. The van der Waals surface area contributed by atoms with Crippen molar-refractivity contribution in [2.24, 2.45) is 0 Å². The van der Waals surface area contributed by atoms with E-state index in [1.54, 1.807) is 7.11 Å². The van der Waals surface area contributed by atoms with Gasteiger partial charge in [-0.1, -0.05) is 55.5 Å². The van der Waals surface area contributed by atoms with Gasteiger partial charge in [-0.25, -0.2) is 0 Å². The third-order valence-electron chi connectivity index (χ3n) is 4.65. The minimum atomic E-state index is 0.865. The normalized spacial score (nSPS) is 11.0. The molecule has 0 aliphatic heterocycles. The Morgan fingerprint density at radius 1 is 0.846 bits per heavy atom. The molecule has 4 rings (SSSR count). The molecule has 3 heteroatoms. The van der Waals surface area contributed by atoms with E-state index in [0.29, 0.717) is 0 Å². The standard InChI is InChI=1S/C23H22N2O/c1-3-16-25-23(18-12-14-19(26-2)15-13-18)21-11-7-10-20(22(21)24-25)17-8-5-4-6-9-17/h4-15H,3,16H2,1-2H3. The maximum absolute atomic E-state index is 5.31. The first-order valence-electron chi connectivity index (χ1n) is 9.01. The number of aryl methyl sites for hydroxylation is 1. The van der Waals surface area contributed by atoms with Crippen LogP contribution in [0.1, 0.15) is 13.3 Å². The smallest absolute Gasteiger partial charge is 0.118 e. The van der Waals surface area contributed by atoms with E-state index in [0.717, 1.165) is 29.8 Å². The monoisotopic (exact) mass is 342 g/mol. The van der Waals surface area contributed by atoms with Crippen molar-refractivity contribution < 1.29 is 4.74 Å². The second-order valence-corrected chi connectivity index (χ2v) is 6.37. The second-order valence-electron chi connectivity index (χ2n) is 6.37. The molecule has 0 radical (unpaired) electrons. The van der Waals surface area contributed by atoms with E-state index in [4.69, 9.17) is 9.84 Å². The van der Waals surface area contributed by atoms with Crippen molar-refractivity contribution in [3.05, 3.63) is 72.8 Å². The number of benzene rings is 3. The van der Waals surface area contributed by atoms with Crippen molar-refractivity contribution in [1.82, 2.24) is 9.78 Å². The van der Waals surface area contributed by atoms with E-state index in [1.165, 1.54) is 22.2 Å². The molecule has 0 bridgehead atoms. The fourth-order valence-electron chi connectivity index (χ4n) is 3.43. The molecule has 0 spiro atoms. The summed E-state index contributed by atoms with van der Waals surface area (Å²) in [7, 11) is 1.69. The average molecular weight is 342 g/mol.